The van der Waals surface area contributed by atoms with E-state index in [1.54, 1.807) is 6.07 Å². The molecule has 2 heterocycles. The molecule has 2 rings (SSSR count). The van der Waals surface area contributed by atoms with Crippen molar-refractivity contribution in [2.45, 2.75) is 12.4 Å². The van der Waals surface area contributed by atoms with Crippen LogP contribution < -0.4 is 15.5 Å². The van der Waals surface area contributed by atoms with Crippen molar-refractivity contribution in [2.24, 2.45) is 0 Å². The molecule has 1 saturated heterocycles. The first kappa shape index (κ1) is 11.3. The van der Waals surface area contributed by atoms with E-state index < -0.39 is 0 Å². The maximum Gasteiger partial charge on any atom is 0.333 e. The molecule has 0 spiro atoms. The summed E-state index contributed by atoms with van der Waals surface area (Å²) in [6.45, 7) is 1.93. The number of carbonyl (C=O) groups excluding carboxylic acids is 2. The lowest BCUT2D eigenvalue weighted by molar-refractivity contribution is 0.224. The molecule has 5 nitrogen and oxygen atoms in total. The number of thiophene rings is 1. The second-order valence-corrected chi connectivity index (χ2v) is 5.44. The maximum absolute atomic E-state index is 11.7. The lowest BCUT2D eigenvalue weighted by atomic mass is 10.5. The molecule has 2 N–H and O–H groups in total. The lowest BCUT2D eigenvalue weighted by Gasteiger charge is -2.30. The number of nitrogens with zero attached hydrogens (tertiary/aromatic N) is 1. The van der Waals surface area contributed by atoms with Crippen LogP contribution in [0.25, 0.3) is 0 Å². The highest BCUT2D eigenvalue weighted by Gasteiger charge is 2.32. The number of carbonyl (C=O) groups is 2. The molecule has 16 heavy (non-hydrogen) atoms. The molecule has 0 aliphatic carbocycles. The summed E-state index contributed by atoms with van der Waals surface area (Å²) in [5.41, 5.74) is -0.350. The number of aryl methyl sites for hydroxylation is 1. The summed E-state index contributed by atoms with van der Waals surface area (Å²) >= 11 is 2.78. The van der Waals surface area contributed by atoms with Crippen LogP contribution in [0.4, 0.5) is 14.6 Å². The first-order valence-electron chi connectivity index (χ1n) is 4.62. The molecule has 0 atom stereocenters. The Kier molecular flexibility index (Phi) is 3.06. The predicted molar refractivity (Wildman–Crippen MR) is 65.9 cm³/mol. The summed E-state index contributed by atoms with van der Waals surface area (Å²) in [6, 6.07) is 2.87. The zero-order chi connectivity index (χ0) is 11.7. The van der Waals surface area contributed by atoms with Gasteiger partial charge in [0.15, 0.2) is 5.50 Å². The van der Waals surface area contributed by atoms with Crippen LogP contribution in [-0.4, -0.2) is 23.8 Å². The van der Waals surface area contributed by atoms with Gasteiger partial charge in [-0.3, -0.25) is 0 Å². The third-order valence-electron chi connectivity index (χ3n) is 2.10. The van der Waals surface area contributed by atoms with E-state index in [9.17, 15) is 9.59 Å². The molecule has 7 heteroatoms. The fourth-order valence-electron chi connectivity index (χ4n) is 1.34. The van der Waals surface area contributed by atoms with E-state index in [1.165, 1.54) is 23.1 Å². The number of hydrogen-bond donors (Lipinski definition) is 2. The molecule has 1 aliphatic heterocycles. The molecule has 0 unspecified atom stereocenters. The van der Waals surface area contributed by atoms with Gasteiger partial charge in [0, 0.05) is 4.88 Å². The Labute approximate surface area is 101 Å². The maximum atomic E-state index is 11.7. The number of hydrogen-bond acceptors (Lipinski definition) is 4. The van der Waals surface area contributed by atoms with E-state index in [2.05, 4.69) is 10.6 Å². The molecule has 1 aromatic rings. The molecule has 1 aliphatic rings. The number of urea groups is 2. The SMILES string of the molecule is CSC1NC(=O)N(c2ccc(C)s2)C(=O)N1. The van der Waals surface area contributed by atoms with Crippen molar-refractivity contribution in [3.8, 4) is 0 Å². The van der Waals surface area contributed by atoms with Crippen molar-refractivity contribution in [3.63, 3.8) is 0 Å². The monoisotopic (exact) mass is 257 g/mol. The first-order chi connectivity index (χ1) is 7.61. The van der Waals surface area contributed by atoms with E-state index in [0.29, 0.717) is 5.00 Å². The van der Waals surface area contributed by atoms with Gasteiger partial charge in [0.05, 0.1) is 0 Å². The van der Waals surface area contributed by atoms with Crippen molar-refractivity contribution < 1.29 is 9.59 Å². The Morgan fingerprint density at radius 2 is 1.94 bits per heavy atom. The summed E-state index contributed by atoms with van der Waals surface area (Å²) in [6.07, 6.45) is 1.82. The highest BCUT2D eigenvalue weighted by Crippen LogP contribution is 2.26. The van der Waals surface area contributed by atoms with E-state index in [0.717, 1.165) is 9.78 Å². The first-order valence-corrected chi connectivity index (χ1v) is 6.72. The standard InChI is InChI=1S/C9H11N3O2S2/c1-5-3-4-6(16-5)12-8(13)10-7(15-2)11-9(12)14/h3-4,7H,1-2H3,(H,10,13)(H,11,14). The van der Waals surface area contributed by atoms with Crippen LogP contribution in [0.2, 0.25) is 0 Å². The van der Waals surface area contributed by atoms with Gasteiger partial charge >= 0.3 is 12.1 Å². The Bertz CT molecular complexity index is 414. The summed E-state index contributed by atoms with van der Waals surface area (Å²) in [4.78, 5) is 25.6. The van der Waals surface area contributed by atoms with Gasteiger partial charge in [-0.2, -0.15) is 0 Å². The predicted octanol–water partition coefficient (Wildman–Crippen LogP) is 1.94. The van der Waals surface area contributed by atoms with Crippen LogP contribution in [0.15, 0.2) is 12.1 Å². The molecule has 0 aromatic carbocycles. The van der Waals surface area contributed by atoms with Crippen LogP contribution >= 0.6 is 23.1 Å². The molecular weight excluding hydrogens is 246 g/mol. The number of imide groups is 1. The van der Waals surface area contributed by atoms with Crippen molar-refractivity contribution in [2.75, 3.05) is 11.2 Å². The third-order valence-corrected chi connectivity index (χ3v) is 3.79. The van der Waals surface area contributed by atoms with Crippen molar-refractivity contribution in [1.82, 2.24) is 10.6 Å². The minimum atomic E-state index is -0.384. The topological polar surface area (TPSA) is 61.4 Å². The zero-order valence-electron chi connectivity index (χ0n) is 8.81. The Hall–Kier alpha value is -1.21. The second kappa shape index (κ2) is 4.34. The van der Waals surface area contributed by atoms with Crippen LogP contribution in [0.5, 0.6) is 0 Å². The molecule has 1 fully saturated rings. The molecule has 1 aromatic heterocycles. The van der Waals surface area contributed by atoms with E-state index in [4.69, 9.17) is 0 Å². The normalized spacial score (nSPS) is 17.2. The fourth-order valence-corrected chi connectivity index (χ4v) is 2.64. The molecule has 0 saturated carbocycles. The second-order valence-electron chi connectivity index (χ2n) is 3.23. The molecule has 4 amide bonds. The Morgan fingerprint density at radius 1 is 1.31 bits per heavy atom. The lowest BCUT2D eigenvalue weighted by Crippen LogP contribution is -2.62. The summed E-state index contributed by atoms with van der Waals surface area (Å²) in [7, 11) is 0. The average Bonchev–Trinajstić information content (AvgIpc) is 2.63. The Morgan fingerprint density at radius 3 is 2.38 bits per heavy atom. The highest BCUT2D eigenvalue weighted by atomic mass is 32.2. The highest BCUT2D eigenvalue weighted by molar-refractivity contribution is 7.99. The largest absolute Gasteiger partial charge is 0.333 e. The number of amides is 4. The van der Waals surface area contributed by atoms with Crippen molar-refractivity contribution in [3.05, 3.63) is 17.0 Å². The van der Waals surface area contributed by atoms with Gasteiger partial charge in [0.2, 0.25) is 0 Å². The third kappa shape index (κ3) is 2.00. The average molecular weight is 257 g/mol. The molecule has 86 valence electrons. The van der Waals surface area contributed by atoms with Crippen LogP contribution in [0.1, 0.15) is 4.88 Å². The van der Waals surface area contributed by atoms with Crippen LogP contribution in [0, 0.1) is 6.92 Å². The van der Waals surface area contributed by atoms with E-state index in [1.807, 2.05) is 19.2 Å². The molecule has 0 bridgehead atoms. The van der Waals surface area contributed by atoms with Gasteiger partial charge in [-0.25, -0.2) is 14.5 Å². The Balaban J connectivity index is 2.22. The minimum absolute atomic E-state index is 0.350. The molecular formula is C9H11N3O2S2. The van der Waals surface area contributed by atoms with Gasteiger partial charge in [-0.15, -0.1) is 23.1 Å². The minimum Gasteiger partial charge on any atom is -0.308 e. The number of rotatable bonds is 2. The number of anilines is 1. The molecule has 0 radical (unpaired) electrons. The van der Waals surface area contributed by atoms with Gasteiger partial charge in [-0.05, 0) is 25.3 Å². The number of nitrogens with one attached hydrogen (secondary N) is 2. The smallest absolute Gasteiger partial charge is 0.308 e. The number of thioether (sulfide) groups is 1. The van der Waals surface area contributed by atoms with Gasteiger partial charge in [-0.1, -0.05) is 0 Å². The van der Waals surface area contributed by atoms with Gasteiger partial charge < -0.3 is 10.6 Å². The summed E-state index contributed by atoms with van der Waals surface area (Å²) < 4.78 is 0. The van der Waals surface area contributed by atoms with E-state index >= 15 is 0 Å². The van der Waals surface area contributed by atoms with Gasteiger partial charge in [0.1, 0.15) is 5.00 Å². The zero-order valence-corrected chi connectivity index (χ0v) is 10.4. The van der Waals surface area contributed by atoms with Crippen LogP contribution in [0.3, 0.4) is 0 Å². The fraction of sp³-hybridized carbons (Fsp3) is 0.333. The summed E-state index contributed by atoms with van der Waals surface area (Å²) in [5.74, 6) is 0. The van der Waals surface area contributed by atoms with E-state index in [-0.39, 0.29) is 17.6 Å². The van der Waals surface area contributed by atoms with Crippen molar-refractivity contribution in [1.29, 1.82) is 0 Å². The van der Waals surface area contributed by atoms with Crippen molar-refractivity contribution >= 4 is 40.2 Å². The summed E-state index contributed by atoms with van der Waals surface area (Å²) in [5, 5.41) is 5.99. The van der Waals surface area contributed by atoms with Gasteiger partial charge in [0.25, 0.3) is 0 Å². The quantitative estimate of drug-likeness (QED) is 0.851. The van der Waals surface area contributed by atoms with Crippen LogP contribution in [-0.2, 0) is 0 Å².